The van der Waals surface area contributed by atoms with Crippen molar-refractivity contribution in [3.8, 4) is 22.5 Å². The van der Waals surface area contributed by atoms with E-state index in [-0.39, 0.29) is 0 Å². The topological polar surface area (TPSA) is 16.3 Å². The molecule has 14 rings (SSSR count). The molecule has 0 saturated carbocycles. The fourth-order valence-corrected chi connectivity index (χ4v) is 12.5. The van der Waals surface area contributed by atoms with E-state index in [9.17, 15) is 0 Å². The van der Waals surface area contributed by atoms with E-state index < -0.39 is 0 Å². The summed E-state index contributed by atoms with van der Waals surface area (Å²) in [5.74, 6) is 0. The van der Waals surface area contributed by atoms with E-state index in [0.717, 1.165) is 33.9 Å². The number of benzene rings is 10. The van der Waals surface area contributed by atoms with Crippen LogP contribution < -0.4 is 9.80 Å². The van der Waals surface area contributed by atoms with Gasteiger partial charge in [0, 0.05) is 63.8 Å². The lowest BCUT2D eigenvalue weighted by molar-refractivity contribution is 1.14. The molecule has 2 aliphatic rings. The van der Waals surface area contributed by atoms with Crippen molar-refractivity contribution in [3.05, 3.63) is 231 Å². The Kier molecular flexibility index (Phi) is 8.42. The van der Waals surface area contributed by atoms with Crippen molar-refractivity contribution in [2.45, 2.75) is 19.6 Å². The summed E-state index contributed by atoms with van der Waals surface area (Å²) in [5, 5.41) is 4.98. The Hall–Kier alpha value is -7.90. The van der Waals surface area contributed by atoms with Gasteiger partial charge in [-0.2, -0.15) is 0 Å². The average molecular weight is 879 g/mol. The van der Waals surface area contributed by atoms with Crippen molar-refractivity contribution in [1.29, 1.82) is 0 Å². The summed E-state index contributed by atoms with van der Waals surface area (Å²) >= 11 is 3.68. The molecule has 0 N–H and O–H groups in total. The number of hydrogen-bond acceptors (Lipinski definition) is 4. The van der Waals surface area contributed by atoms with Crippen LogP contribution in [0.1, 0.15) is 0 Å². The molecule has 0 aliphatic carbocycles. The van der Waals surface area contributed by atoms with E-state index in [4.69, 9.17) is 0 Å². The Bertz CT molecular complexity index is 3790. The van der Waals surface area contributed by atoms with Crippen LogP contribution in [0.2, 0.25) is 0 Å². The van der Waals surface area contributed by atoms with Crippen molar-refractivity contribution in [3.63, 3.8) is 0 Å². The maximum atomic E-state index is 2.49. The monoisotopic (exact) mass is 878 g/mol. The maximum Gasteiger partial charge on any atom is 0.0601 e. The minimum atomic E-state index is 1.11. The third kappa shape index (κ3) is 5.68. The molecule has 0 amide bonds. The van der Waals surface area contributed by atoms with Gasteiger partial charge >= 0.3 is 0 Å². The molecule has 0 bridgehead atoms. The minimum Gasteiger partial charge on any atom is -0.309 e. The largest absolute Gasteiger partial charge is 0.309 e. The second-order valence-electron chi connectivity index (χ2n) is 16.9. The predicted molar refractivity (Wildman–Crippen MR) is 278 cm³/mol. The zero-order chi connectivity index (χ0) is 43.3. The first-order chi connectivity index (χ1) is 32.7. The minimum absolute atomic E-state index is 1.11. The molecule has 0 fully saturated rings. The van der Waals surface area contributed by atoms with Crippen LogP contribution >= 0.6 is 23.5 Å². The first kappa shape index (κ1) is 37.5. The molecular weight excluding hydrogens is 841 g/mol. The van der Waals surface area contributed by atoms with E-state index in [0.29, 0.717) is 0 Å². The van der Waals surface area contributed by atoms with Crippen LogP contribution in [0.15, 0.2) is 250 Å². The smallest absolute Gasteiger partial charge is 0.0601 e. The number of rotatable bonds is 5. The van der Waals surface area contributed by atoms with Gasteiger partial charge in [-0.3, -0.25) is 0 Å². The lowest BCUT2D eigenvalue weighted by Crippen LogP contribution is -2.18. The third-order valence-electron chi connectivity index (χ3n) is 13.3. The van der Waals surface area contributed by atoms with Crippen molar-refractivity contribution in [2.75, 3.05) is 9.80 Å². The fraction of sp³-hybridized carbons (Fsp3) is 0. The molecule has 0 atom stereocenters. The molecule has 2 aromatic heterocycles. The van der Waals surface area contributed by atoms with Gasteiger partial charge in [0.05, 0.1) is 50.5 Å². The summed E-state index contributed by atoms with van der Waals surface area (Å²) in [4.78, 5) is 9.88. The van der Waals surface area contributed by atoms with E-state index in [1.807, 2.05) is 23.5 Å². The van der Waals surface area contributed by atoms with Crippen molar-refractivity contribution >= 4 is 101 Å². The number of hydrogen-bond donors (Lipinski definition) is 0. The Balaban J connectivity index is 0.976. The summed E-state index contributed by atoms with van der Waals surface area (Å²) in [6.07, 6.45) is 0. The maximum absolute atomic E-state index is 2.49. The second-order valence-corrected chi connectivity index (χ2v) is 19.1. The summed E-state index contributed by atoms with van der Waals surface area (Å²) in [6.45, 7) is 0. The molecule has 10 aromatic carbocycles. The highest BCUT2D eigenvalue weighted by Crippen LogP contribution is 2.56. The zero-order valence-corrected chi connectivity index (χ0v) is 37.2. The number of fused-ring (bicyclic) bond motifs is 10. The van der Waals surface area contributed by atoms with Gasteiger partial charge in [-0.25, -0.2) is 0 Å². The molecule has 310 valence electrons. The number of para-hydroxylation sites is 7. The van der Waals surface area contributed by atoms with Crippen molar-refractivity contribution < 1.29 is 0 Å². The van der Waals surface area contributed by atoms with E-state index in [1.165, 1.54) is 85.9 Å². The molecule has 0 unspecified atom stereocenters. The molecule has 4 nitrogen and oxygen atoms in total. The van der Waals surface area contributed by atoms with Crippen LogP contribution in [0.4, 0.5) is 34.1 Å². The highest BCUT2D eigenvalue weighted by atomic mass is 32.2. The lowest BCUT2D eigenvalue weighted by Gasteiger charge is -2.36. The summed E-state index contributed by atoms with van der Waals surface area (Å²) < 4.78 is 4.86. The van der Waals surface area contributed by atoms with Gasteiger partial charge in [0.25, 0.3) is 0 Å². The second kappa shape index (κ2) is 14.8. The normalized spacial score (nSPS) is 13.0. The quantitative estimate of drug-likeness (QED) is 0.171. The van der Waals surface area contributed by atoms with Gasteiger partial charge < -0.3 is 18.9 Å². The van der Waals surface area contributed by atoms with Gasteiger partial charge in [-0.15, -0.1) is 0 Å². The third-order valence-corrected chi connectivity index (χ3v) is 15.5. The van der Waals surface area contributed by atoms with E-state index >= 15 is 0 Å². The molecule has 6 heteroatoms. The molecule has 2 aliphatic heterocycles. The number of anilines is 6. The molecule has 66 heavy (non-hydrogen) atoms. The Morgan fingerprint density at radius 2 is 0.682 bits per heavy atom. The Morgan fingerprint density at radius 1 is 0.258 bits per heavy atom. The van der Waals surface area contributed by atoms with Crippen LogP contribution in [0.5, 0.6) is 0 Å². The highest BCUT2D eigenvalue weighted by molar-refractivity contribution is 8.00. The summed E-state index contributed by atoms with van der Waals surface area (Å²) in [7, 11) is 0. The molecule has 0 radical (unpaired) electrons. The first-order valence-corrected chi connectivity index (χ1v) is 24.0. The van der Waals surface area contributed by atoms with Gasteiger partial charge in [-0.1, -0.05) is 145 Å². The fourth-order valence-electron chi connectivity index (χ4n) is 10.4. The lowest BCUT2D eigenvalue weighted by atomic mass is 9.99. The van der Waals surface area contributed by atoms with Crippen LogP contribution in [-0.2, 0) is 0 Å². The molecule has 12 aromatic rings. The Labute approximate surface area is 390 Å². The molecule has 0 saturated heterocycles. The van der Waals surface area contributed by atoms with E-state index in [2.05, 4.69) is 249 Å². The standard InChI is InChI=1S/C60H38N4S2/c1-4-21-48-44(18-1)45-19-2-5-22-49(45)62(48)41-33-35-51-47(37-41)46-20-3-6-23-50(46)61(51)40-17-15-16-39(36-40)43-34-32-42(63-52-24-7-11-28-57(52)65-58-29-12-8-25-53(58)63)38-56(43)64-54-26-9-13-30-59(54)66-60-31-14-10-27-55(60)64/h1-38H. The van der Waals surface area contributed by atoms with Crippen molar-refractivity contribution in [1.82, 2.24) is 9.13 Å². The zero-order valence-electron chi connectivity index (χ0n) is 35.5. The van der Waals surface area contributed by atoms with Crippen LogP contribution in [0.25, 0.3) is 66.1 Å². The number of aromatic nitrogens is 2. The van der Waals surface area contributed by atoms with Gasteiger partial charge in [-0.05, 0) is 115 Å². The average Bonchev–Trinajstić information content (AvgIpc) is 3.90. The van der Waals surface area contributed by atoms with E-state index in [1.54, 1.807) is 0 Å². The highest BCUT2D eigenvalue weighted by Gasteiger charge is 2.30. The summed E-state index contributed by atoms with van der Waals surface area (Å²) in [6, 6.07) is 84.7. The van der Waals surface area contributed by atoms with Crippen molar-refractivity contribution in [2.24, 2.45) is 0 Å². The summed E-state index contributed by atoms with van der Waals surface area (Å²) in [5.41, 5.74) is 16.3. The predicted octanol–water partition coefficient (Wildman–Crippen LogP) is 17.4. The van der Waals surface area contributed by atoms with Crippen LogP contribution in [0.3, 0.4) is 0 Å². The van der Waals surface area contributed by atoms with Gasteiger partial charge in [0.2, 0.25) is 0 Å². The molecule has 0 spiro atoms. The van der Waals surface area contributed by atoms with Gasteiger partial charge in [0.1, 0.15) is 0 Å². The van der Waals surface area contributed by atoms with Crippen LogP contribution in [0, 0.1) is 0 Å². The molecular formula is C60H38N4S2. The first-order valence-electron chi connectivity index (χ1n) is 22.3. The van der Waals surface area contributed by atoms with Crippen LogP contribution in [-0.4, -0.2) is 9.13 Å². The number of nitrogens with zero attached hydrogens (tertiary/aromatic N) is 4. The molecule has 4 heterocycles. The Morgan fingerprint density at radius 3 is 1.23 bits per heavy atom. The SMILES string of the molecule is c1cc(-c2ccc(N3c4ccccc4Sc4ccccc43)cc2N2c3ccccc3Sc3ccccc32)cc(-n2c3ccccc3c3cc(-n4c5ccccc5c5ccccc54)ccc32)c1. The van der Waals surface area contributed by atoms with Gasteiger partial charge in [0.15, 0.2) is 0 Å².